The number of rotatable bonds is 4. The van der Waals surface area contributed by atoms with Gasteiger partial charge in [0.25, 0.3) is 0 Å². The summed E-state index contributed by atoms with van der Waals surface area (Å²) in [5.74, 6) is 0.755. The maximum atomic E-state index is 11.6. The molecule has 0 saturated heterocycles. The third-order valence-corrected chi connectivity index (χ3v) is 2.12. The van der Waals surface area contributed by atoms with E-state index in [-0.39, 0.29) is 11.4 Å². The molecule has 0 spiro atoms. The summed E-state index contributed by atoms with van der Waals surface area (Å²) in [5.41, 5.74) is 0.766. The van der Waals surface area contributed by atoms with E-state index in [0.717, 1.165) is 11.3 Å². The largest absolute Gasteiger partial charge is 0.494 e. The molecule has 3 nitrogen and oxygen atoms in total. The van der Waals surface area contributed by atoms with Crippen LogP contribution in [0.4, 0.5) is 0 Å². The molecule has 1 rings (SSSR count). The predicted octanol–water partition coefficient (Wildman–Crippen LogP) is 3.01. The lowest BCUT2D eigenvalue weighted by Gasteiger charge is -2.18. The molecule has 0 atom stereocenters. The van der Waals surface area contributed by atoms with Gasteiger partial charge in [0.15, 0.2) is 0 Å². The Kier molecular flexibility index (Phi) is 4.95. The fourth-order valence-corrected chi connectivity index (χ4v) is 1.43. The van der Waals surface area contributed by atoms with Crippen molar-refractivity contribution >= 4 is 12.0 Å². The third-order valence-electron chi connectivity index (χ3n) is 2.12. The first kappa shape index (κ1) is 14.3. The maximum Gasteiger partial charge on any atom is 0.244 e. The Morgan fingerprint density at radius 3 is 2.39 bits per heavy atom. The first-order valence-electron chi connectivity index (χ1n) is 6.14. The fourth-order valence-electron chi connectivity index (χ4n) is 1.43. The van der Waals surface area contributed by atoms with Gasteiger partial charge in [-0.2, -0.15) is 0 Å². The van der Waals surface area contributed by atoms with E-state index in [1.165, 1.54) is 0 Å². The smallest absolute Gasteiger partial charge is 0.244 e. The van der Waals surface area contributed by atoms with Crippen LogP contribution in [-0.4, -0.2) is 18.1 Å². The van der Waals surface area contributed by atoms with Crippen molar-refractivity contribution in [3.63, 3.8) is 0 Å². The van der Waals surface area contributed by atoms with Crippen molar-refractivity contribution in [3.05, 3.63) is 35.9 Å². The second kappa shape index (κ2) is 6.24. The van der Waals surface area contributed by atoms with E-state index in [4.69, 9.17) is 4.74 Å². The van der Waals surface area contributed by atoms with E-state index in [1.54, 1.807) is 12.2 Å². The summed E-state index contributed by atoms with van der Waals surface area (Å²) in [7, 11) is 0. The number of ether oxygens (including phenoxy) is 1. The molecule has 0 heterocycles. The number of carbonyl (C=O) groups excluding carboxylic acids is 1. The summed E-state index contributed by atoms with van der Waals surface area (Å²) in [6, 6.07) is 7.63. The number of hydrogen-bond acceptors (Lipinski definition) is 2. The van der Waals surface area contributed by atoms with Gasteiger partial charge in [-0.15, -0.1) is 0 Å². The summed E-state index contributed by atoms with van der Waals surface area (Å²) in [4.78, 5) is 11.6. The molecule has 0 saturated carbocycles. The van der Waals surface area contributed by atoms with E-state index in [2.05, 4.69) is 5.32 Å². The van der Waals surface area contributed by atoms with Gasteiger partial charge in [-0.1, -0.05) is 12.1 Å². The molecule has 1 aromatic carbocycles. The summed E-state index contributed by atoms with van der Waals surface area (Å²) < 4.78 is 5.35. The molecule has 1 aromatic rings. The Morgan fingerprint density at radius 2 is 1.89 bits per heavy atom. The quantitative estimate of drug-likeness (QED) is 0.831. The van der Waals surface area contributed by atoms with Crippen LogP contribution in [0, 0.1) is 0 Å². The lowest BCUT2D eigenvalue weighted by Crippen LogP contribution is -2.39. The molecular weight excluding hydrogens is 226 g/mol. The zero-order chi connectivity index (χ0) is 13.6. The summed E-state index contributed by atoms with van der Waals surface area (Å²) in [6.07, 6.45) is 3.33. The van der Waals surface area contributed by atoms with Crippen LogP contribution in [0.1, 0.15) is 33.3 Å². The fraction of sp³-hybridized carbons (Fsp3) is 0.400. The molecule has 1 N–H and O–H groups in total. The van der Waals surface area contributed by atoms with E-state index in [9.17, 15) is 4.79 Å². The Bertz CT molecular complexity index is 413. The monoisotopic (exact) mass is 247 g/mol. The van der Waals surface area contributed by atoms with Gasteiger partial charge >= 0.3 is 0 Å². The van der Waals surface area contributed by atoms with Gasteiger partial charge in [0.05, 0.1) is 6.61 Å². The zero-order valence-electron chi connectivity index (χ0n) is 11.5. The van der Waals surface area contributed by atoms with Gasteiger partial charge in [0.1, 0.15) is 5.75 Å². The minimum absolute atomic E-state index is 0.0867. The van der Waals surface area contributed by atoms with Gasteiger partial charge in [0, 0.05) is 11.6 Å². The van der Waals surface area contributed by atoms with E-state index >= 15 is 0 Å². The molecule has 0 aliphatic carbocycles. The van der Waals surface area contributed by atoms with Crippen LogP contribution in [0.2, 0.25) is 0 Å². The topological polar surface area (TPSA) is 38.3 Å². The molecule has 1 amide bonds. The van der Waals surface area contributed by atoms with Gasteiger partial charge in [-0.3, -0.25) is 4.79 Å². The number of benzene rings is 1. The van der Waals surface area contributed by atoms with Crippen LogP contribution in [0.15, 0.2) is 30.3 Å². The van der Waals surface area contributed by atoms with Crippen molar-refractivity contribution in [1.82, 2.24) is 5.32 Å². The van der Waals surface area contributed by atoms with Crippen molar-refractivity contribution in [2.75, 3.05) is 6.61 Å². The Morgan fingerprint density at radius 1 is 1.28 bits per heavy atom. The number of amides is 1. The van der Waals surface area contributed by atoms with Crippen LogP contribution >= 0.6 is 0 Å². The van der Waals surface area contributed by atoms with Crippen molar-refractivity contribution in [1.29, 1.82) is 0 Å². The molecule has 3 heteroatoms. The second-order valence-corrected chi connectivity index (χ2v) is 5.07. The molecule has 0 fully saturated rings. The minimum atomic E-state index is -0.208. The molecule has 0 unspecified atom stereocenters. The predicted molar refractivity (Wildman–Crippen MR) is 74.5 cm³/mol. The van der Waals surface area contributed by atoms with E-state index < -0.39 is 0 Å². The van der Waals surface area contributed by atoms with Crippen molar-refractivity contribution in [3.8, 4) is 5.75 Å². The van der Waals surface area contributed by atoms with Gasteiger partial charge in [-0.25, -0.2) is 0 Å². The average molecular weight is 247 g/mol. The Labute approximate surface area is 109 Å². The summed E-state index contributed by atoms with van der Waals surface area (Å²) in [6.45, 7) is 8.47. The highest BCUT2D eigenvalue weighted by atomic mass is 16.5. The SMILES string of the molecule is CCOc1ccc(/C=C/C(=O)NC(C)(C)C)cc1. The lowest BCUT2D eigenvalue weighted by molar-refractivity contribution is -0.117. The standard InChI is InChI=1S/C15H21NO2/c1-5-18-13-9-6-12(7-10-13)8-11-14(17)16-15(2,3)4/h6-11H,5H2,1-4H3,(H,16,17)/b11-8+. The van der Waals surface area contributed by atoms with Crippen molar-refractivity contribution in [2.24, 2.45) is 0 Å². The molecular formula is C15H21NO2. The highest BCUT2D eigenvalue weighted by Gasteiger charge is 2.10. The molecule has 0 radical (unpaired) electrons. The molecule has 0 aliphatic rings. The number of hydrogen-bond donors (Lipinski definition) is 1. The first-order chi connectivity index (χ1) is 8.40. The highest BCUT2D eigenvalue weighted by Crippen LogP contribution is 2.13. The Balaban J connectivity index is 2.59. The van der Waals surface area contributed by atoms with Crippen LogP contribution < -0.4 is 10.1 Å². The van der Waals surface area contributed by atoms with Crippen LogP contribution in [0.3, 0.4) is 0 Å². The van der Waals surface area contributed by atoms with E-state index in [1.807, 2.05) is 52.0 Å². The summed E-state index contributed by atoms with van der Waals surface area (Å²) in [5, 5.41) is 2.87. The third kappa shape index (κ3) is 5.53. The van der Waals surface area contributed by atoms with E-state index in [0.29, 0.717) is 6.61 Å². The average Bonchev–Trinajstić information content (AvgIpc) is 2.26. The first-order valence-corrected chi connectivity index (χ1v) is 6.14. The zero-order valence-corrected chi connectivity index (χ0v) is 11.5. The molecule has 0 bridgehead atoms. The van der Waals surface area contributed by atoms with Gasteiger partial charge in [0.2, 0.25) is 5.91 Å². The number of carbonyl (C=O) groups is 1. The van der Waals surface area contributed by atoms with Crippen LogP contribution in [-0.2, 0) is 4.79 Å². The van der Waals surface area contributed by atoms with Gasteiger partial charge < -0.3 is 10.1 Å². The minimum Gasteiger partial charge on any atom is -0.494 e. The van der Waals surface area contributed by atoms with Gasteiger partial charge in [-0.05, 0) is 51.5 Å². The lowest BCUT2D eigenvalue weighted by atomic mass is 10.1. The molecule has 98 valence electrons. The van der Waals surface area contributed by atoms with Crippen molar-refractivity contribution < 1.29 is 9.53 Å². The van der Waals surface area contributed by atoms with Crippen LogP contribution in [0.5, 0.6) is 5.75 Å². The molecule has 18 heavy (non-hydrogen) atoms. The van der Waals surface area contributed by atoms with Crippen molar-refractivity contribution in [2.45, 2.75) is 33.2 Å². The Hall–Kier alpha value is -1.77. The normalized spacial score (nSPS) is 11.6. The van der Waals surface area contributed by atoms with Crippen LogP contribution in [0.25, 0.3) is 6.08 Å². The summed E-state index contributed by atoms with van der Waals surface area (Å²) >= 11 is 0. The highest BCUT2D eigenvalue weighted by molar-refractivity contribution is 5.92. The second-order valence-electron chi connectivity index (χ2n) is 5.07. The molecule has 0 aromatic heterocycles. The number of nitrogens with one attached hydrogen (secondary N) is 1. The molecule has 0 aliphatic heterocycles. The maximum absolute atomic E-state index is 11.6.